The monoisotopic (exact) mass is 410 g/mol. The van der Waals surface area contributed by atoms with Crippen molar-refractivity contribution < 1.29 is 4.74 Å². The van der Waals surface area contributed by atoms with Gasteiger partial charge in [0.15, 0.2) is 0 Å². The molecule has 0 fully saturated rings. The Morgan fingerprint density at radius 3 is 1.52 bits per heavy atom. The van der Waals surface area contributed by atoms with Crippen LogP contribution in [0.3, 0.4) is 0 Å². The molecule has 1 nitrogen and oxygen atoms in total. The highest BCUT2D eigenvalue weighted by Gasteiger charge is 2.12. The Bertz CT molecular complexity index is 531. The molecule has 2 rings (SSSR count). The van der Waals surface area contributed by atoms with Crippen molar-refractivity contribution in [3.8, 4) is 0 Å². The minimum atomic E-state index is 0.196. The van der Waals surface area contributed by atoms with Crippen molar-refractivity contribution in [1.29, 1.82) is 0 Å². The molecule has 3 heteroatoms. The van der Waals surface area contributed by atoms with Crippen LogP contribution in [0.25, 0.3) is 0 Å². The molecule has 0 N–H and O–H groups in total. The Labute approximate surface area is 144 Å². The second-order valence-corrected chi connectivity index (χ2v) is 7.06. The number of rotatable bonds is 6. The quantitative estimate of drug-likeness (QED) is 0.584. The molecule has 0 bridgehead atoms. The standard InChI is InChI=1S/C18H20Br2O/c1-13(11-15-7-3-5-9-17(15)19)21-14(2)12-16-8-4-6-10-18(16)20/h3-10,13-14H,11-12H2,1-2H3. The van der Waals surface area contributed by atoms with E-state index in [1.165, 1.54) is 11.1 Å². The summed E-state index contributed by atoms with van der Waals surface area (Å²) >= 11 is 7.19. The Hall–Kier alpha value is -0.640. The van der Waals surface area contributed by atoms with Crippen LogP contribution < -0.4 is 0 Å². The highest BCUT2D eigenvalue weighted by atomic mass is 79.9. The minimum Gasteiger partial charge on any atom is -0.375 e. The fourth-order valence-electron chi connectivity index (χ4n) is 2.44. The predicted octanol–water partition coefficient (Wildman–Crippen LogP) is 5.79. The third-order valence-electron chi connectivity index (χ3n) is 3.40. The van der Waals surface area contributed by atoms with Crippen molar-refractivity contribution >= 4 is 31.9 Å². The van der Waals surface area contributed by atoms with Gasteiger partial charge in [-0.25, -0.2) is 0 Å². The van der Waals surface area contributed by atoms with Crippen LogP contribution >= 0.6 is 31.9 Å². The lowest BCUT2D eigenvalue weighted by atomic mass is 10.1. The second kappa shape index (κ2) is 8.11. The Morgan fingerprint density at radius 2 is 1.14 bits per heavy atom. The third-order valence-corrected chi connectivity index (χ3v) is 4.94. The highest BCUT2D eigenvalue weighted by molar-refractivity contribution is 9.10. The van der Waals surface area contributed by atoms with Crippen LogP contribution in [0, 0.1) is 0 Å². The van der Waals surface area contributed by atoms with Gasteiger partial charge in [-0.3, -0.25) is 0 Å². The van der Waals surface area contributed by atoms with Gasteiger partial charge in [0.2, 0.25) is 0 Å². The van der Waals surface area contributed by atoms with E-state index in [-0.39, 0.29) is 12.2 Å². The molecule has 2 aromatic carbocycles. The molecule has 0 spiro atoms. The summed E-state index contributed by atoms with van der Waals surface area (Å²) in [5, 5.41) is 0. The summed E-state index contributed by atoms with van der Waals surface area (Å²) in [6.45, 7) is 4.27. The normalized spacial score (nSPS) is 13.9. The number of hydrogen-bond acceptors (Lipinski definition) is 1. The highest BCUT2D eigenvalue weighted by Crippen LogP contribution is 2.21. The van der Waals surface area contributed by atoms with E-state index in [9.17, 15) is 0 Å². The summed E-state index contributed by atoms with van der Waals surface area (Å²) in [6, 6.07) is 16.6. The largest absolute Gasteiger partial charge is 0.375 e. The predicted molar refractivity (Wildman–Crippen MR) is 95.7 cm³/mol. The lowest BCUT2D eigenvalue weighted by Gasteiger charge is -2.20. The molecule has 0 aliphatic heterocycles. The summed E-state index contributed by atoms with van der Waals surface area (Å²) in [7, 11) is 0. The first-order valence-corrected chi connectivity index (χ1v) is 8.77. The maximum Gasteiger partial charge on any atom is 0.0591 e. The maximum atomic E-state index is 6.13. The summed E-state index contributed by atoms with van der Waals surface area (Å²) < 4.78 is 8.43. The summed E-state index contributed by atoms with van der Waals surface area (Å²) in [6.07, 6.45) is 2.23. The zero-order valence-corrected chi connectivity index (χ0v) is 15.5. The van der Waals surface area contributed by atoms with Crippen molar-refractivity contribution in [3.63, 3.8) is 0 Å². The van der Waals surface area contributed by atoms with Gasteiger partial charge in [-0.15, -0.1) is 0 Å². The first-order chi connectivity index (χ1) is 10.1. The molecule has 2 atom stereocenters. The molecular weight excluding hydrogens is 392 g/mol. The molecule has 21 heavy (non-hydrogen) atoms. The molecule has 0 aliphatic rings. The molecule has 0 saturated heterocycles. The van der Waals surface area contributed by atoms with Gasteiger partial charge in [0.25, 0.3) is 0 Å². The van der Waals surface area contributed by atoms with Crippen molar-refractivity contribution in [2.45, 2.75) is 38.9 Å². The number of ether oxygens (including phenoxy) is 1. The maximum absolute atomic E-state index is 6.13. The van der Waals surface area contributed by atoms with Gasteiger partial charge >= 0.3 is 0 Å². The topological polar surface area (TPSA) is 9.23 Å². The van der Waals surface area contributed by atoms with Gasteiger partial charge in [0.05, 0.1) is 12.2 Å². The van der Waals surface area contributed by atoms with Crippen molar-refractivity contribution in [2.75, 3.05) is 0 Å². The van der Waals surface area contributed by atoms with E-state index >= 15 is 0 Å². The van der Waals surface area contributed by atoms with Gasteiger partial charge in [-0.1, -0.05) is 68.3 Å². The summed E-state index contributed by atoms with van der Waals surface area (Å²) in [5.41, 5.74) is 2.58. The van der Waals surface area contributed by atoms with Crippen molar-refractivity contribution in [2.24, 2.45) is 0 Å². The van der Waals surface area contributed by atoms with Gasteiger partial charge in [-0.2, -0.15) is 0 Å². The fourth-order valence-corrected chi connectivity index (χ4v) is 3.33. The molecule has 0 radical (unpaired) electrons. The van der Waals surface area contributed by atoms with Crippen molar-refractivity contribution in [1.82, 2.24) is 0 Å². The lowest BCUT2D eigenvalue weighted by molar-refractivity contribution is 0.00929. The van der Waals surface area contributed by atoms with Crippen LogP contribution in [-0.2, 0) is 17.6 Å². The molecule has 2 aromatic rings. The smallest absolute Gasteiger partial charge is 0.0591 e. The van der Waals surface area contributed by atoms with E-state index in [1.54, 1.807) is 0 Å². The molecule has 0 aromatic heterocycles. The van der Waals surface area contributed by atoms with Crippen LogP contribution in [0.4, 0.5) is 0 Å². The molecule has 2 unspecified atom stereocenters. The first kappa shape index (κ1) is 16.7. The van der Waals surface area contributed by atoms with Crippen LogP contribution in [-0.4, -0.2) is 12.2 Å². The van der Waals surface area contributed by atoms with Crippen molar-refractivity contribution in [3.05, 3.63) is 68.6 Å². The van der Waals surface area contributed by atoms with Crippen LogP contribution in [0.5, 0.6) is 0 Å². The number of halogens is 2. The van der Waals surface area contributed by atoms with E-state index in [2.05, 4.69) is 82.1 Å². The average molecular weight is 412 g/mol. The zero-order valence-electron chi connectivity index (χ0n) is 12.4. The number of hydrogen-bond donors (Lipinski definition) is 0. The summed E-state index contributed by atoms with van der Waals surface area (Å²) in [5.74, 6) is 0. The second-order valence-electron chi connectivity index (χ2n) is 5.35. The Kier molecular flexibility index (Phi) is 6.46. The van der Waals surface area contributed by atoms with E-state index in [0.717, 1.165) is 21.8 Å². The zero-order chi connectivity index (χ0) is 15.2. The molecule has 112 valence electrons. The van der Waals surface area contributed by atoms with E-state index in [4.69, 9.17) is 4.74 Å². The molecule has 0 heterocycles. The van der Waals surface area contributed by atoms with Crippen LogP contribution in [0.1, 0.15) is 25.0 Å². The van der Waals surface area contributed by atoms with Gasteiger partial charge in [0.1, 0.15) is 0 Å². The van der Waals surface area contributed by atoms with E-state index < -0.39 is 0 Å². The van der Waals surface area contributed by atoms with Gasteiger partial charge < -0.3 is 4.74 Å². The minimum absolute atomic E-state index is 0.196. The third kappa shape index (κ3) is 5.24. The molecule has 0 aliphatic carbocycles. The average Bonchev–Trinajstić information content (AvgIpc) is 2.44. The van der Waals surface area contributed by atoms with E-state index in [1.807, 2.05) is 12.1 Å². The van der Waals surface area contributed by atoms with Crippen LogP contribution in [0.2, 0.25) is 0 Å². The Morgan fingerprint density at radius 1 is 0.762 bits per heavy atom. The SMILES string of the molecule is CC(Cc1ccccc1Br)OC(C)Cc1ccccc1Br. The Balaban J connectivity index is 1.89. The first-order valence-electron chi connectivity index (χ1n) is 7.18. The van der Waals surface area contributed by atoms with Crippen LogP contribution in [0.15, 0.2) is 57.5 Å². The van der Waals surface area contributed by atoms with E-state index in [0.29, 0.717) is 0 Å². The van der Waals surface area contributed by atoms with Gasteiger partial charge in [-0.05, 0) is 49.9 Å². The molecule has 0 amide bonds. The molecule has 0 saturated carbocycles. The summed E-state index contributed by atoms with van der Waals surface area (Å²) in [4.78, 5) is 0. The van der Waals surface area contributed by atoms with Gasteiger partial charge in [0, 0.05) is 8.95 Å². The lowest BCUT2D eigenvalue weighted by Crippen LogP contribution is -2.21. The fraction of sp³-hybridized carbons (Fsp3) is 0.333. The molecular formula is C18H20Br2O. The number of benzene rings is 2.